The Hall–Kier alpha value is 0.230. The van der Waals surface area contributed by atoms with Gasteiger partial charge in [-0.05, 0) is 43.8 Å². The van der Waals surface area contributed by atoms with Crippen LogP contribution < -0.4 is 0 Å². The van der Waals surface area contributed by atoms with Crippen LogP contribution in [0.5, 0.6) is 0 Å². The van der Waals surface area contributed by atoms with Crippen LogP contribution >= 0.6 is 11.8 Å². The number of aliphatic hydroxyl groups is 1. The molecule has 4 heteroatoms. The molecule has 2 atom stereocenters. The van der Waals surface area contributed by atoms with Gasteiger partial charge in [0.1, 0.15) is 0 Å². The van der Waals surface area contributed by atoms with Crippen LogP contribution in [0.4, 0.5) is 0 Å². The molecule has 98 valence electrons. The third kappa shape index (κ3) is 2.37. The molecule has 0 aliphatic carbocycles. The van der Waals surface area contributed by atoms with E-state index in [-0.39, 0.29) is 5.60 Å². The van der Waals surface area contributed by atoms with E-state index in [4.69, 9.17) is 9.47 Å². The average Bonchev–Trinajstić information content (AvgIpc) is 2.78. The molecule has 0 bridgehead atoms. The first-order valence-electron chi connectivity index (χ1n) is 6.74. The van der Waals surface area contributed by atoms with E-state index in [0.717, 1.165) is 51.3 Å². The van der Waals surface area contributed by atoms with Gasteiger partial charge in [-0.15, -0.1) is 0 Å². The smallest absolute Gasteiger partial charge is 0.0784 e. The van der Waals surface area contributed by atoms with Gasteiger partial charge in [0.15, 0.2) is 0 Å². The minimum atomic E-state index is -0.484. The number of hydrogen-bond acceptors (Lipinski definition) is 4. The molecule has 3 aliphatic heterocycles. The number of hydrogen-bond donors (Lipinski definition) is 1. The van der Waals surface area contributed by atoms with Gasteiger partial charge >= 0.3 is 0 Å². The standard InChI is InChI=1S/C13H22O3S/c14-13(2-6-15-7-3-13)11-1-5-16-12(9-11)4-8-17-10-12/h11,14H,1-10H2. The van der Waals surface area contributed by atoms with Crippen LogP contribution in [-0.4, -0.2) is 47.6 Å². The van der Waals surface area contributed by atoms with Crippen LogP contribution in [0.15, 0.2) is 0 Å². The molecule has 0 amide bonds. The van der Waals surface area contributed by atoms with Crippen molar-refractivity contribution in [3.8, 4) is 0 Å². The first-order valence-corrected chi connectivity index (χ1v) is 7.90. The third-order valence-corrected chi connectivity index (χ3v) is 5.90. The fourth-order valence-electron chi connectivity index (χ4n) is 3.48. The van der Waals surface area contributed by atoms with Gasteiger partial charge in [0.2, 0.25) is 0 Å². The summed E-state index contributed by atoms with van der Waals surface area (Å²) >= 11 is 2.00. The van der Waals surface area contributed by atoms with Crippen molar-refractivity contribution in [1.82, 2.24) is 0 Å². The Morgan fingerprint density at radius 1 is 1.12 bits per heavy atom. The summed E-state index contributed by atoms with van der Waals surface area (Å²) in [5.41, 5.74) is -0.399. The van der Waals surface area contributed by atoms with Crippen molar-refractivity contribution in [3.63, 3.8) is 0 Å². The first kappa shape index (κ1) is 12.3. The summed E-state index contributed by atoms with van der Waals surface area (Å²) < 4.78 is 11.4. The molecule has 1 N–H and O–H groups in total. The normalized spacial score (nSPS) is 41.8. The van der Waals surface area contributed by atoms with Crippen molar-refractivity contribution in [2.45, 2.75) is 43.3 Å². The first-order chi connectivity index (χ1) is 8.23. The Bertz CT molecular complexity index is 270. The second-order valence-electron chi connectivity index (χ2n) is 5.74. The Balaban J connectivity index is 1.70. The Morgan fingerprint density at radius 2 is 1.94 bits per heavy atom. The molecule has 2 unspecified atom stereocenters. The molecule has 17 heavy (non-hydrogen) atoms. The fraction of sp³-hybridized carbons (Fsp3) is 1.00. The lowest BCUT2D eigenvalue weighted by atomic mass is 9.72. The maximum absolute atomic E-state index is 10.8. The molecule has 0 aromatic heterocycles. The van der Waals surface area contributed by atoms with Gasteiger partial charge in [0, 0.05) is 25.6 Å². The number of rotatable bonds is 1. The molecule has 3 rings (SSSR count). The molecule has 3 nitrogen and oxygen atoms in total. The quantitative estimate of drug-likeness (QED) is 0.779. The van der Waals surface area contributed by atoms with Crippen LogP contribution in [0, 0.1) is 5.92 Å². The second-order valence-corrected chi connectivity index (χ2v) is 6.84. The van der Waals surface area contributed by atoms with Gasteiger partial charge in [0.05, 0.1) is 11.2 Å². The van der Waals surface area contributed by atoms with Crippen molar-refractivity contribution < 1.29 is 14.6 Å². The molecule has 3 saturated heterocycles. The van der Waals surface area contributed by atoms with Crippen molar-refractivity contribution in [1.29, 1.82) is 0 Å². The lowest BCUT2D eigenvalue weighted by molar-refractivity contribution is -0.158. The maximum Gasteiger partial charge on any atom is 0.0784 e. The lowest BCUT2D eigenvalue weighted by Crippen LogP contribution is -2.51. The molecule has 3 fully saturated rings. The van der Waals surface area contributed by atoms with Crippen LogP contribution in [-0.2, 0) is 9.47 Å². The van der Waals surface area contributed by atoms with Crippen LogP contribution in [0.2, 0.25) is 0 Å². The van der Waals surface area contributed by atoms with E-state index >= 15 is 0 Å². The maximum atomic E-state index is 10.8. The Morgan fingerprint density at radius 3 is 2.65 bits per heavy atom. The lowest BCUT2D eigenvalue weighted by Gasteiger charge is -2.46. The van der Waals surface area contributed by atoms with E-state index < -0.39 is 5.60 Å². The van der Waals surface area contributed by atoms with Gasteiger partial charge in [-0.1, -0.05) is 0 Å². The Kier molecular flexibility index (Phi) is 3.41. The van der Waals surface area contributed by atoms with Gasteiger partial charge in [0.25, 0.3) is 0 Å². The summed E-state index contributed by atoms with van der Waals surface area (Å²) in [7, 11) is 0. The minimum Gasteiger partial charge on any atom is -0.389 e. The SMILES string of the molecule is OC1(C2CCOC3(CCSC3)C2)CCOCC1. The minimum absolute atomic E-state index is 0.0849. The molecule has 0 radical (unpaired) electrons. The summed E-state index contributed by atoms with van der Waals surface area (Å²) in [4.78, 5) is 0. The van der Waals surface area contributed by atoms with E-state index in [1.807, 2.05) is 11.8 Å². The highest BCUT2D eigenvalue weighted by Crippen LogP contribution is 2.45. The molecule has 0 aromatic rings. The zero-order chi connectivity index (χ0) is 11.8. The van der Waals surface area contributed by atoms with Crippen molar-refractivity contribution in [2.24, 2.45) is 5.92 Å². The zero-order valence-electron chi connectivity index (χ0n) is 10.3. The predicted octanol–water partition coefficient (Wildman–Crippen LogP) is 1.83. The van der Waals surface area contributed by atoms with Crippen molar-refractivity contribution >= 4 is 11.8 Å². The number of ether oxygens (including phenoxy) is 2. The van der Waals surface area contributed by atoms with Crippen molar-refractivity contribution in [3.05, 3.63) is 0 Å². The third-order valence-electron chi connectivity index (χ3n) is 4.68. The highest BCUT2D eigenvalue weighted by molar-refractivity contribution is 7.99. The van der Waals surface area contributed by atoms with E-state index in [2.05, 4.69) is 0 Å². The Labute approximate surface area is 107 Å². The van der Waals surface area contributed by atoms with Crippen LogP contribution in [0.25, 0.3) is 0 Å². The molecular formula is C13H22O3S. The summed E-state index contributed by atoms with van der Waals surface area (Å²) in [5, 5.41) is 10.8. The molecular weight excluding hydrogens is 236 g/mol. The molecule has 0 saturated carbocycles. The molecule has 3 heterocycles. The van der Waals surface area contributed by atoms with Gasteiger partial charge < -0.3 is 14.6 Å². The second kappa shape index (κ2) is 4.72. The predicted molar refractivity (Wildman–Crippen MR) is 68.4 cm³/mol. The van der Waals surface area contributed by atoms with Crippen LogP contribution in [0.3, 0.4) is 0 Å². The molecule has 1 spiro atoms. The summed E-state index contributed by atoms with van der Waals surface area (Å²) in [6.45, 7) is 2.26. The van der Waals surface area contributed by atoms with Gasteiger partial charge in [-0.3, -0.25) is 0 Å². The molecule has 3 aliphatic rings. The zero-order valence-corrected chi connectivity index (χ0v) is 11.1. The number of thioether (sulfide) groups is 1. The average molecular weight is 258 g/mol. The van der Waals surface area contributed by atoms with Gasteiger partial charge in [-0.25, -0.2) is 0 Å². The summed E-state index contributed by atoms with van der Waals surface area (Å²) in [6.07, 6.45) is 4.85. The van der Waals surface area contributed by atoms with E-state index in [1.165, 1.54) is 12.2 Å². The highest BCUT2D eigenvalue weighted by atomic mass is 32.2. The van der Waals surface area contributed by atoms with Crippen molar-refractivity contribution in [2.75, 3.05) is 31.3 Å². The monoisotopic (exact) mass is 258 g/mol. The summed E-state index contributed by atoms with van der Waals surface area (Å²) in [5.74, 6) is 2.75. The summed E-state index contributed by atoms with van der Waals surface area (Å²) in [6, 6.07) is 0. The van der Waals surface area contributed by atoms with E-state index in [1.54, 1.807) is 0 Å². The largest absolute Gasteiger partial charge is 0.389 e. The topological polar surface area (TPSA) is 38.7 Å². The van der Waals surface area contributed by atoms with Crippen LogP contribution in [0.1, 0.15) is 32.1 Å². The fourth-order valence-corrected chi connectivity index (χ4v) is 4.86. The molecule has 0 aromatic carbocycles. The van der Waals surface area contributed by atoms with E-state index in [0.29, 0.717) is 5.92 Å². The van der Waals surface area contributed by atoms with Gasteiger partial charge in [-0.2, -0.15) is 11.8 Å². The van der Waals surface area contributed by atoms with E-state index in [9.17, 15) is 5.11 Å². The highest BCUT2D eigenvalue weighted by Gasteiger charge is 2.47.